The van der Waals surface area contributed by atoms with E-state index in [4.69, 9.17) is 10.8 Å². The van der Waals surface area contributed by atoms with Gasteiger partial charge in [-0.1, -0.05) is 44.2 Å². The summed E-state index contributed by atoms with van der Waals surface area (Å²) in [5.41, 5.74) is 6.84. The van der Waals surface area contributed by atoms with Crippen LogP contribution in [-0.2, 0) is 20.8 Å². The van der Waals surface area contributed by atoms with Crippen molar-refractivity contribution in [1.82, 2.24) is 10.6 Å². The van der Waals surface area contributed by atoms with Gasteiger partial charge in [-0.15, -0.1) is 0 Å². The zero-order chi connectivity index (χ0) is 19.0. The van der Waals surface area contributed by atoms with E-state index in [1.807, 2.05) is 30.3 Å². The Morgan fingerprint density at radius 1 is 1.12 bits per heavy atom. The average Bonchev–Trinajstić information content (AvgIpc) is 2.57. The monoisotopic (exact) mass is 367 g/mol. The summed E-state index contributed by atoms with van der Waals surface area (Å²) in [6, 6.07) is 6.50. The number of carbonyl (C=O) groups excluding carboxylic acids is 2. The highest BCUT2D eigenvalue weighted by molar-refractivity contribution is 7.80. The first kappa shape index (κ1) is 21.0. The van der Waals surface area contributed by atoms with Crippen LogP contribution in [0, 0.1) is 5.92 Å². The zero-order valence-electron chi connectivity index (χ0n) is 14.3. The Bertz CT molecular complexity index is 595. The van der Waals surface area contributed by atoms with Gasteiger partial charge in [-0.05, 0) is 17.9 Å². The van der Waals surface area contributed by atoms with Crippen LogP contribution in [0.3, 0.4) is 0 Å². The van der Waals surface area contributed by atoms with Gasteiger partial charge >= 0.3 is 5.97 Å². The van der Waals surface area contributed by atoms with E-state index in [0.29, 0.717) is 6.42 Å². The lowest BCUT2D eigenvalue weighted by Crippen LogP contribution is -2.56. The summed E-state index contributed by atoms with van der Waals surface area (Å²) in [5.74, 6) is -2.50. The van der Waals surface area contributed by atoms with Crippen molar-refractivity contribution >= 4 is 30.4 Å². The lowest BCUT2D eigenvalue weighted by atomic mass is 10.0. The molecule has 0 saturated heterocycles. The van der Waals surface area contributed by atoms with E-state index >= 15 is 0 Å². The fraction of sp³-hybridized carbons (Fsp3) is 0.471. The Labute approximate surface area is 152 Å². The molecule has 0 unspecified atom stereocenters. The number of nitrogens with two attached hydrogens (primary N) is 1. The standard InChI is InChI=1S/C17H25N3O4S/c1-10(2)14(16(22)19-13(9-25)17(23)24)20-15(21)12(18)8-11-6-4-3-5-7-11/h3-7,10,12-14,25H,8-9,18H2,1-2H3,(H,19,22)(H,20,21)(H,23,24)/t12-,13-,14-/m0/s1. The van der Waals surface area contributed by atoms with E-state index in [0.717, 1.165) is 5.56 Å². The summed E-state index contributed by atoms with van der Waals surface area (Å²) in [5, 5.41) is 14.0. The van der Waals surface area contributed by atoms with Gasteiger partial charge in [0.1, 0.15) is 12.1 Å². The molecule has 8 heteroatoms. The minimum atomic E-state index is -1.18. The van der Waals surface area contributed by atoms with Crippen molar-refractivity contribution in [3.8, 4) is 0 Å². The van der Waals surface area contributed by atoms with E-state index in [2.05, 4.69) is 23.3 Å². The number of nitrogens with one attached hydrogen (secondary N) is 2. The number of hydrogen-bond donors (Lipinski definition) is 5. The van der Waals surface area contributed by atoms with Crippen molar-refractivity contribution < 1.29 is 19.5 Å². The van der Waals surface area contributed by atoms with Crippen LogP contribution >= 0.6 is 12.6 Å². The highest BCUT2D eigenvalue weighted by Crippen LogP contribution is 2.06. The molecule has 138 valence electrons. The number of aliphatic carboxylic acids is 1. The van der Waals surface area contributed by atoms with Gasteiger partial charge in [-0.3, -0.25) is 9.59 Å². The van der Waals surface area contributed by atoms with Crippen molar-refractivity contribution in [2.45, 2.75) is 38.4 Å². The summed E-state index contributed by atoms with van der Waals surface area (Å²) in [4.78, 5) is 35.6. The molecule has 0 aliphatic carbocycles. The molecule has 0 aliphatic heterocycles. The molecular weight excluding hydrogens is 342 g/mol. The molecule has 2 amide bonds. The second-order valence-corrected chi connectivity index (χ2v) is 6.47. The first-order valence-corrected chi connectivity index (χ1v) is 8.63. The van der Waals surface area contributed by atoms with Gasteiger partial charge in [-0.25, -0.2) is 4.79 Å². The first-order valence-electron chi connectivity index (χ1n) is 8.00. The van der Waals surface area contributed by atoms with Gasteiger partial charge in [-0.2, -0.15) is 12.6 Å². The van der Waals surface area contributed by atoms with Crippen molar-refractivity contribution in [3.63, 3.8) is 0 Å². The molecule has 25 heavy (non-hydrogen) atoms. The molecule has 1 aromatic carbocycles. The summed E-state index contributed by atoms with van der Waals surface area (Å²) in [6.07, 6.45) is 0.341. The van der Waals surface area contributed by atoms with Crippen LogP contribution in [0.4, 0.5) is 0 Å². The van der Waals surface area contributed by atoms with E-state index in [-0.39, 0.29) is 11.7 Å². The molecule has 7 nitrogen and oxygen atoms in total. The summed E-state index contributed by atoms with van der Waals surface area (Å²) in [6.45, 7) is 3.51. The number of rotatable bonds is 9. The normalized spacial score (nSPS) is 14.4. The second-order valence-electron chi connectivity index (χ2n) is 6.11. The maximum atomic E-state index is 12.3. The Morgan fingerprint density at radius 2 is 1.72 bits per heavy atom. The van der Waals surface area contributed by atoms with Crippen molar-refractivity contribution in [1.29, 1.82) is 0 Å². The number of carboxylic acid groups (broad SMARTS) is 1. The van der Waals surface area contributed by atoms with Crippen LogP contribution in [0.25, 0.3) is 0 Å². The molecule has 0 fully saturated rings. The molecule has 3 atom stereocenters. The Hall–Kier alpha value is -2.06. The smallest absolute Gasteiger partial charge is 0.327 e. The SMILES string of the molecule is CC(C)[C@H](NC(=O)[C@@H](N)Cc1ccccc1)C(=O)N[C@@H](CS)C(=O)O. The molecule has 0 aromatic heterocycles. The van der Waals surface area contributed by atoms with Crippen LogP contribution < -0.4 is 16.4 Å². The average molecular weight is 367 g/mol. The van der Waals surface area contributed by atoms with E-state index < -0.39 is 35.9 Å². The van der Waals surface area contributed by atoms with Gasteiger partial charge in [0.15, 0.2) is 0 Å². The first-order chi connectivity index (χ1) is 11.8. The van der Waals surface area contributed by atoms with Crippen LogP contribution in [-0.4, -0.2) is 46.8 Å². The highest BCUT2D eigenvalue weighted by atomic mass is 32.1. The van der Waals surface area contributed by atoms with E-state index in [1.165, 1.54) is 0 Å². The number of carboxylic acids is 1. The number of carbonyl (C=O) groups is 3. The Morgan fingerprint density at radius 3 is 2.20 bits per heavy atom. The van der Waals surface area contributed by atoms with Gasteiger partial charge in [0.25, 0.3) is 0 Å². The summed E-state index contributed by atoms with van der Waals surface area (Å²) >= 11 is 3.90. The Kier molecular flexibility index (Phi) is 8.44. The third-order valence-electron chi connectivity index (χ3n) is 3.68. The van der Waals surface area contributed by atoms with Crippen LogP contribution in [0.15, 0.2) is 30.3 Å². The van der Waals surface area contributed by atoms with E-state index in [1.54, 1.807) is 13.8 Å². The minimum Gasteiger partial charge on any atom is -0.480 e. The highest BCUT2D eigenvalue weighted by Gasteiger charge is 2.29. The number of hydrogen-bond acceptors (Lipinski definition) is 5. The maximum absolute atomic E-state index is 12.3. The third-order valence-corrected chi connectivity index (χ3v) is 4.04. The van der Waals surface area contributed by atoms with Crippen molar-refractivity contribution in [3.05, 3.63) is 35.9 Å². The van der Waals surface area contributed by atoms with Gasteiger partial charge in [0, 0.05) is 5.75 Å². The van der Waals surface area contributed by atoms with Crippen LogP contribution in [0.1, 0.15) is 19.4 Å². The summed E-state index contributed by atoms with van der Waals surface area (Å²) < 4.78 is 0. The largest absolute Gasteiger partial charge is 0.480 e. The van der Waals surface area contributed by atoms with Gasteiger partial charge in [0.2, 0.25) is 11.8 Å². The molecule has 1 rings (SSSR count). The van der Waals surface area contributed by atoms with Crippen LogP contribution in [0.5, 0.6) is 0 Å². The zero-order valence-corrected chi connectivity index (χ0v) is 15.2. The molecule has 0 radical (unpaired) electrons. The molecule has 1 aromatic rings. The predicted molar refractivity (Wildman–Crippen MR) is 98.3 cm³/mol. The van der Waals surface area contributed by atoms with Gasteiger partial charge in [0.05, 0.1) is 6.04 Å². The van der Waals surface area contributed by atoms with Crippen LogP contribution in [0.2, 0.25) is 0 Å². The molecule has 5 N–H and O–H groups in total. The number of benzene rings is 1. The van der Waals surface area contributed by atoms with Crippen molar-refractivity contribution in [2.24, 2.45) is 11.7 Å². The molecule has 0 saturated carbocycles. The topological polar surface area (TPSA) is 122 Å². The lowest BCUT2D eigenvalue weighted by molar-refractivity contribution is -0.141. The maximum Gasteiger partial charge on any atom is 0.327 e. The number of amides is 2. The second kappa shape index (κ2) is 10.0. The lowest BCUT2D eigenvalue weighted by Gasteiger charge is -2.25. The molecule has 0 aliphatic rings. The minimum absolute atomic E-state index is 0.0483. The predicted octanol–water partition coefficient (Wildman–Crippen LogP) is 0.196. The van der Waals surface area contributed by atoms with Gasteiger partial charge < -0.3 is 21.5 Å². The number of thiol groups is 1. The van der Waals surface area contributed by atoms with Crippen molar-refractivity contribution in [2.75, 3.05) is 5.75 Å². The van der Waals surface area contributed by atoms with E-state index in [9.17, 15) is 14.4 Å². The third kappa shape index (κ3) is 6.75. The fourth-order valence-electron chi connectivity index (χ4n) is 2.20. The Balaban J connectivity index is 2.71. The quantitative estimate of drug-likeness (QED) is 0.399. The summed E-state index contributed by atoms with van der Waals surface area (Å²) in [7, 11) is 0. The molecule has 0 bridgehead atoms. The molecular formula is C17H25N3O4S. The molecule has 0 spiro atoms. The fourth-order valence-corrected chi connectivity index (χ4v) is 2.45. The molecule has 0 heterocycles.